The number of carboxylic acid groups (broad SMARTS) is 1. The van der Waals surface area contributed by atoms with Crippen LogP contribution in [0.5, 0.6) is 0 Å². The van der Waals surface area contributed by atoms with Gasteiger partial charge in [0.1, 0.15) is 6.67 Å². The molecular formula is C16H10N4O3. The summed E-state index contributed by atoms with van der Waals surface area (Å²) in [6.07, 6.45) is 0. The van der Waals surface area contributed by atoms with Gasteiger partial charge in [-0.2, -0.15) is 0 Å². The van der Waals surface area contributed by atoms with Gasteiger partial charge in [-0.15, -0.1) is 10.2 Å². The zero-order valence-corrected chi connectivity index (χ0v) is 11.8. The first-order chi connectivity index (χ1) is 11.2. The van der Waals surface area contributed by atoms with Crippen LogP contribution in [0.2, 0.25) is 0 Å². The summed E-state index contributed by atoms with van der Waals surface area (Å²) in [7, 11) is 0. The summed E-state index contributed by atoms with van der Waals surface area (Å²) in [5.74, 6) is -0.383. The van der Waals surface area contributed by atoms with Crippen molar-refractivity contribution in [3.63, 3.8) is 0 Å². The van der Waals surface area contributed by atoms with Crippen LogP contribution in [-0.2, 0) is 0 Å². The van der Waals surface area contributed by atoms with E-state index in [0.29, 0.717) is 18.1 Å². The number of benzene rings is 2. The molecule has 2 heterocycles. The molecule has 4 rings (SSSR count). The van der Waals surface area contributed by atoms with Crippen LogP contribution in [0.25, 0.3) is 22.9 Å². The Hall–Kier alpha value is -3.35. The summed E-state index contributed by atoms with van der Waals surface area (Å²) < 4.78 is 5.66. The van der Waals surface area contributed by atoms with Gasteiger partial charge in [-0.25, -0.2) is 4.79 Å². The number of carbonyl (C=O) groups is 1. The molecule has 1 aromatic heterocycles. The van der Waals surface area contributed by atoms with E-state index in [2.05, 4.69) is 20.2 Å². The van der Waals surface area contributed by atoms with Crippen molar-refractivity contribution in [3.05, 3.63) is 58.7 Å². The molecule has 3 aromatic rings. The smallest absolute Gasteiger partial charge is 0.335 e. The van der Waals surface area contributed by atoms with Gasteiger partial charge in [0.15, 0.2) is 0 Å². The topological polar surface area (TPSA) is 101 Å². The van der Waals surface area contributed by atoms with Crippen molar-refractivity contribution in [2.45, 2.75) is 0 Å². The summed E-state index contributed by atoms with van der Waals surface area (Å²) >= 11 is 0. The van der Waals surface area contributed by atoms with Crippen molar-refractivity contribution in [1.82, 2.24) is 10.2 Å². The van der Waals surface area contributed by atoms with Crippen LogP contribution in [0.3, 0.4) is 0 Å². The summed E-state index contributed by atoms with van der Waals surface area (Å²) in [5, 5.41) is 18.7. The van der Waals surface area contributed by atoms with E-state index in [0.717, 1.165) is 16.3 Å². The molecule has 7 nitrogen and oxygen atoms in total. The highest BCUT2D eigenvalue weighted by Crippen LogP contribution is 2.23. The lowest BCUT2D eigenvalue weighted by Crippen LogP contribution is -2.20. The predicted molar refractivity (Wildman–Crippen MR) is 79.3 cm³/mol. The highest BCUT2D eigenvalue weighted by Gasteiger charge is 2.13. The molecule has 0 saturated carbocycles. The van der Waals surface area contributed by atoms with Crippen LogP contribution in [0.1, 0.15) is 10.4 Å². The fraction of sp³-hybridized carbons (Fsp3) is 0.0625. The van der Waals surface area contributed by atoms with Gasteiger partial charge >= 0.3 is 5.97 Å². The van der Waals surface area contributed by atoms with E-state index in [1.54, 1.807) is 12.1 Å². The number of aromatic nitrogens is 2. The summed E-state index contributed by atoms with van der Waals surface area (Å²) in [4.78, 5) is 19.5. The summed E-state index contributed by atoms with van der Waals surface area (Å²) in [6.45, 7) is 0.440. The minimum Gasteiger partial charge on any atom is -0.478 e. The van der Waals surface area contributed by atoms with Crippen molar-refractivity contribution < 1.29 is 14.3 Å². The van der Waals surface area contributed by atoms with Crippen LogP contribution in [0, 0.1) is 0 Å². The Bertz CT molecular complexity index is 1040. The molecule has 112 valence electrons. The third kappa shape index (κ3) is 2.38. The number of hydrogen-bond acceptors (Lipinski definition) is 6. The molecule has 0 atom stereocenters. The fourth-order valence-corrected chi connectivity index (χ4v) is 2.35. The predicted octanol–water partition coefficient (Wildman–Crippen LogP) is 1.31. The average molecular weight is 306 g/mol. The molecule has 23 heavy (non-hydrogen) atoms. The van der Waals surface area contributed by atoms with Gasteiger partial charge in [-0.3, -0.25) is 9.98 Å². The minimum atomic E-state index is -1.00. The highest BCUT2D eigenvalue weighted by molar-refractivity contribution is 5.88. The van der Waals surface area contributed by atoms with Gasteiger partial charge in [0.25, 0.3) is 0 Å². The Kier molecular flexibility index (Phi) is 2.97. The molecule has 2 aromatic carbocycles. The molecule has 1 N–H and O–H groups in total. The maximum absolute atomic E-state index is 11.0. The second-order valence-corrected chi connectivity index (χ2v) is 4.96. The molecule has 0 unspecified atom stereocenters. The summed E-state index contributed by atoms with van der Waals surface area (Å²) in [5.41, 5.74) is 1.47. The number of carboxylic acids is 1. The Labute approximate surface area is 129 Å². The van der Waals surface area contributed by atoms with Crippen LogP contribution in [0.15, 0.2) is 56.9 Å². The van der Waals surface area contributed by atoms with Gasteiger partial charge in [0, 0.05) is 11.1 Å². The first kappa shape index (κ1) is 13.3. The molecule has 0 saturated heterocycles. The Morgan fingerprint density at radius 3 is 2.48 bits per heavy atom. The van der Waals surface area contributed by atoms with Gasteiger partial charge in [-0.05, 0) is 36.4 Å². The van der Waals surface area contributed by atoms with Crippen LogP contribution in [-0.4, -0.2) is 27.9 Å². The van der Waals surface area contributed by atoms with E-state index in [4.69, 9.17) is 9.52 Å². The van der Waals surface area contributed by atoms with Gasteiger partial charge in [0.05, 0.1) is 16.3 Å². The first-order valence-electron chi connectivity index (χ1n) is 6.87. The monoisotopic (exact) mass is 306 g/mol. The molecule has 7 heteroatoms. The van der Waals surface area contributed by atoms with Gasteiger partial charge in [-0.1, -0.05) is 6.07 Å². The van der Waals surface area contributed by atoms with Gasteiger partial charge < -0.3 is 9.52 Å². The number of hydrogen-bond donors (Lipinski definition) is 1. The highest BCUT2D eigenvalue weighted by atomic mass is 16.4. The van der Waals surface area contributed by atoms with E-state index in [-0.39, 0.29) is 11.5 Å². The Morgan fingerprint density at radius 2 is 1.70 bits per heavy atom. The fourth-order valence-electron chi connectivity index (χ4n) is 2.35. The van der Waals surface area contributed by atoms with Crippen molar-refractivity contribution in [2.24, 2.45) is 9.98 Å². The minimum absolute atomic E-state index is 0.167. The lowest BCUT2D eigenvalue weighted by atomic mass is 10.1. The van der Waals surface area contributed by atoms with Crippen molar-refractivity contribution >= 4 is 5.97 Å². The largest absolute Gasteiger partial charge is 0.478 e. The summed E-state index contributed by atoms with van der Waals surface area (Å²) in [6, 6.07) is 11.9. The third-order valence-corrected chi connectivity index (χ3v) is 3.49. The second kappa shape index (κ2) is 5.13. The van der Waals surface area contributed by atoms with E-state index >= 15 is 0 Å². The molecule has 0 amide bonds. The molecule has 1 aliphatic rings. The van der Waals surface area contributed by atoms with Crippen LogP contribution in [0.4, 0.5) is 0 Å². The lowest BCUT2D eigenvalue weighted by molar-refractivity contribution is 0.0697. The van der Waals surface area contributed by atoms with Crippen LogP contribution >= 0.6 is 0 Å². The van der Waals surface area contributed by atoms with Crippen molar-refractivity contribution in [2.75, 3.05) is 6.67 Å². The van der Waals surface area contributed by atoms with E-state index < -0.39 is 5.97 Å². The van der Waals surface area contributed by atoms with E-state index in [1.807, 2.05) is 18.2 Å². The number of fused-ring (bicyclic) bond motifs is 1. The van der Waals surface area contributed by atoms with Crippen LogP contribution < -0.4 is 10.7 Å². The van der Waals surface area contributed by atoms with E-state index in [1.165, 1.54) is 12.1 Å². The average Bonchev–Trinajstić information content (AvgIpc) is 3.23. The molecule has 0 aliphatic carbocycles. The van der Waals surface area contributed by atoms with Crippen molar-refractivity contribution in [3.8, 4) is 22.9 Å². The lowest BCUT2D eigenvalue weighted by Gasteiger charge is -1.97. The van der Waals surface area contributed by atoms with E-state index in [9.17, 15) is 4.79 Å². The molecule has 0 spiro atoms. The quantitative estimate of drug-likeness (QED) is 0.786. The molecular weight excluding hydrogens is 296 g/mol. The maximum atomic E-state index is 11.0. The SMILES string of the molecule is O=C(O)c1cccc(-c2nnc(-c3ccc4c(c3)=NCN=4)o2)c1. The van der Waals surface area contributed by atoms with Gasteiger partial charge in [0.2, 0.25) is 11.8 Å². The number of nitrogens with zero attached hydrogens (tertiary/aromatic N) is 4. The zero-order valence-electron chi connectivity index (χ0n) is 11.8. The Balaban J connectivity index is 1.74. The normalized spacial score (nSPS) is 12.3. The molecule has 0 radical (unpaired) electrons. The first-order valence-corrected chi connectivity index (χ1v) is 6.87. The second-order valence-electron chi connectivity index (χ2n) is 4.96. The maximum Gasteiger partial charge on any atom is 0.335 e. The molecule has 1 aliphatic heterocycles. The zero-order chi connectivity index (χ0) is 15.8. The number of aromatic carboxylic acids is 1. The number of rotatable bonds is 3. The molecule has 0 fully saturated rings. The molecule has 0 bridgehead atoms. The standard InChI is InChI=1S/C16H10N4O3/c21-16(22)11-3-1-2-9(6-11)14-19-20-15(23-14)10-4-5-12-13(7-10)18-8-17-12/h1-7H,8H2,(H,21,22). The third-order valence-electron chi connectivity index (χ3n) is 3.49. The van der Waals surface area contributed by atoms with Crippen molar-refractivity contribution in [1.29, 1.82) is 0 Å². The Morgan fingerprint density at radius 1 is 0.957 bits per heavy atom.